The molecule has 2 heteroatoms. The van der Waals surface area contributed by atoms with E-state index in [0.717, 1.165) is 26.1 Å². The highest BCUT2D eigenvalue weighted by atomic mass is 15.1. The minimum absolute atomic E-state index is 0.334. The van der Waals surface area contributed by atoms with Crippen molar-refractivity contribution in [1.29, 1.82) is 0 Å². The molecular formula is C15H26N2. The van der Waals surface area contributed by atoms with E-state index in [-0.39, 0.29) is 0 Å². The number of rotatable bonds is 7. The Balaban J connectivity index is 2.20. The summed E-state index contributed by atoms with van der Waals surface area (Å²) in [6, 6.07) is 10.6. The lowest BCUT2D eigenvalue weighted by atomic mass is 9.93. The fourth-order valence-electron chi connectivity index (χ4n) is 2.22. The molecule has 0 aliphatic rings. The van der Waals surface area contributed by atoms with E-state index < -0.39 is 0 Å². The summed E-state index contributed by atoms with van der Waals surface area (Å²) >= 11 is 0. The second-order valence-corrected chi connectivity index (χ2v) is 5.81. The van der Waals surface area contributed by atoms with Crippen molar-refractivity contribution in [2.45, 2.75) is 20.3 Å². The van der Waals surface area contributed by atoms with Crippen molar-refractivity contribution in [3.8, 4) is 0 Å². The van der Waals surface area contributed by atoms with Crippen LogP contribution in [0.15, 0.2) is 30.3 Å². The molecule has 17 heavy (non-hydrogen) atoms. The number of nitrogens with one attached hydrogen (secondary N) is 1. The molecule has 2 nitrogen and oxygen atoms in total. The van der Waals surface area contributed by atoms with Crippen molar-refractivity contribution in [2.75, 3.05) is 33.7 Å². The van der Waals surface area contributed by atoms with Crippen molar-refractivity contribution in [3.05, 3.63) is 35.9 Å². The van der Waals surface area contributed by atoms with Gasteiger partial charge in [0.05, 0.1) is 0 Å². The molecule has 0 aromatic heterocycles. The first-order chi connectivity index (χ1) is 7.99. The standard InChI is InChI=1S/C15H26N2/c1-15(2,13-17(3)4)12-16-11-10-14-8-6-5-7-9-14/h5-9,16H,10-13H2,1-4H3. The quantitative estimate of drug-likeness (QED) is 0.729. The van der Waals surface area contributed by atoms with Gasteiger partial charge in [-0.15, -0.1) is 0 Å². The summed E-state index contributed by atoms with van der Waals surface area (Å²) in [6.07, 6.45) is 1.11. The Morgan fingerprint density at radius 2 is 1.76 bits per heavy atom. The fraction of sp³-hybridized carbons (Fsp3) is 0.600. The Hall–Kier alpha value is -0.860. The summed E-state index contributed by atoms with van der Waals surface area (Å²) in [5.41, 5.74) is 1.74. The lowest BCUT2D eigenvalue weighted by molar-refractivity contribution is 0.233. The largest absolute Gasteiger partial charge is 0.316 e. The van der Waals surface area contributed by atoms with E-state index in [2.05, 4.69) is 68.5 Å². The monoisotopic (exact) mass is 234 g/mol. The molecule has 1 aromatic carbocycles. The fourth-order valence-corrected chi connectivity index (χ4v) is 2.22. The third-order valence-corrected chi connectivity index (χ3v) is 2.78. The Bertz CT molecular complexity index is 304. The molecule has 0 spiro atoms. The summed E-state index contributed by atoms with van der Waals surface area (Å²) in [5, 5.41) is 3.55. The van der Waals surface area contributed by atoms with Gasteiger partial charge in [0.2, 0.25) is 0 Å². The molecule has 0 amide bonds. The predicted molar refractivity (Wildman–Crippen MR) is 75.4 cm³/mol. The molecule has 0 aliphatic heterocycles. The molecule has 0 saturated heterocycles. The molecule has 0 aliphatic carbocycles. The van der Waals surface area contributed by atoms with E-state index in [9.17, 15) is 0 Å². The van der Waals surface area contributed by atoms with Crippen LogP contribution in [0.5, 0.6) is 0 Å². The second-order valence-electron chi connectivity index (χ2n) is 5.81. The van der Waals surface area contributed by atoms with Crippen LogP contribution in [0.3, 0.4) is 0 Å². The summed E-state index contributed by atoms with van der Waals surface area (Å²) < 4.78 is 0. The topological polar surface area (TPSA) is 15.3 Å². The van der Waals surface area contributed by atoms with Crippen molar-refractivity contribution in [1.82, 2.24) is 10.2 Å². The molecule has 0 unspecified atom stereocenters. The number of nitrogens with zero attached hydrogens (tertiary/aromatic N) is 1. The normalized spacial score (nSPS) is 12.1. The van der Waals surface area contributed by atoms with Gasteiger partial charge in [-0.25, -0.2) is 0 Å². The number of hydrogen-bond acceptors (Lipinski definition) is 2. The molecule has 1 aromatic rings. The molecular weight excluding hydrogens is 208 g/mol. The summed E-state index contributed by atoms with van der Waals surface area (Å²) in [5.74, 6) is 0. The van der Waals surface area contributed by atoms with E-state index in [4.69, 9.17) is 0 Å². The van der Waals surface area contributed by atoms with Crippen LogP contribution in [0.4, 0.5) is 0 Å². The van der Waals surface area contributed by atoms with Crippen LogP contribution in [0, 0.1) is 5.41 Å². The van der Waals surface area contributed by atoms with Gasteiger partial charge in [-0.3, -0.25) is 0 Å². The smallest absolute Gasteiger partial charge is 0.00387 e. The first-order valence-corrected chi connectivity index (χ1v) is 6.39. The van der Waals surface area contributed by atoms with Crippen LogP contribution in [-0.4, -0.2) is 38.6 Å². The van der Waals surface area contributed by atoms with Crippen LogP contribution < -0.4 is 5.32 Å². The average molecular weight is 234 g/mol. The van der Waals surface area contributed by atoms with Gasteiger partial charge in [0.1, 0.15) is 0 Å². The summed E-state index contributed by atoms with van der Waals surface area (Å²) in [4.78, 5) is 2.25. The Morgan fingerprint density at radius 3 is 2.35 bits per heavy atom. The van der Waals surface area contributed by atoms with E-state index in [1.54, 1.807) is 0 Å². The number of benzene rings is 1. The molecule has 0 fully saturated rings. The Kier molecular flexibility index (Phi) is 5.66. The maximum Gasteiger partial charge on any atom is 0.00387 e. The van der Waals surface area contributed by atoms with Crippen LogP contribution in [-0.2, 0) is 6.42 Å². The minimum Gasteiger partial charge on any atom is -0.316 e. The molecule has 96 valence electrons. The van der Waals surface area contributed by atoms with Gasteiger partial charge >= 0.3 is 0 Å². The zero-order valence-electron chi connectivity index (χ0n) is 11.7. The third kappa shape index (κ3) is 6.44. The lowest BCUT2D eigenvalue weighted by Gasteiger charge is -2.28. The van der Waals surface area contributed by atoms with E-state index in [1.807, 2.05) is 0 Å². The van der Waals surface area contributed by atoms with Gasteiger partial charge in [0.15, 0.2) is 0 Å². The van der Waals surface area contributed by atoms with Gasteiger partial charge < -0.3 is 10.2 Å². The van der Waals surface area contributed by atoms with Crippen molar-refractivity contribution >= 4 is 0 Å². The van der Waals surface area contributed by atoms with Crippen LogP contribution in [0.25, 0.3) is 0 Å². The molecule has 0 saturated carbocycles. The lowest BCUT2D eigenvalue weighted by Crippen LogP contribution is -2.38. The highest BCUT2D eigenvalue weighted by Crippen LogP contribution is 2.13. The molecule has 0 atom stereocenters. The van der Waals surface area contributed by atoms with Crippen molar-refractivity contribution in [3.63, 3.8) is 0 Å². The Labute approximate surface area is 106 Å². The molecule has 0 heterocycles. The highest BCUT2D eigenvalue weighted by molar-refractivity contribution is 5.14. The minimum atomic E-state index is 0.334. The SMILES string of the molecule is CN(C)CC(C)(C)CNCCc1ccccc1. The van der Waals surface area contributed by atoms with Crippen LogP contribution >= 0.6 is 0 Å². The Morgan fingerprint density at radius 1 is 1.12 bits per heavy atom. The number of hydrogen-bond donors (Lipinski definition) is 1. The highest BCUT2D eigenvalue weighted by Gasteiger charge is 2.17. The van der Waals surface area contributed by atoms with Crippen LogP contribution in [0.2, 0.25) is 0 Å². The third-order valence-electron chi connectivity index (χ3n) is 2.78. The predicted octanol–water partition coefficient (Wildman–Crippen LogP) is 2.41. The second kappa shape index (κ2) is 6.77. The molecule has 1 N–H and O–H groups in total. The maximum atomic E-state index is 3.55. The zero-order valence-corrected chi connectivity index (χ0v) is 11.7. The van der Waals surface area contributed by atoms with E-state index in [0.29, 0.717) is 5.41 Å². The van der Waals surface area contributed by atoms with Crippen molar-refractivity contribution < 1.29 is 0 Å². The van der Waals surface area contributed by atoms with Gasteiger partial charge in [0, 0.05) is 13.1 Å². The van der Waals surface area contributed by atoms with E-state index >= 15 is 0 Å². The van der Waals surface area contributed by atoms with Gasteiger partial charge in [-0.05, 0) is 38.0 Å². The first kappa shape index (κ1) is 14.2. The molecule has 0 radical (unpaired) electrons. The summed E-state index contributed by atoms with van der Waals surface area (Å²) in [6.45, 7) is 7.86. The molecule has 0 bridgehead atoms. The van der Waals surface area contributed by atoms with Gasteiger partial charge in [-0.2, -0.15) is 0 Å². The zero-order chi connectivity index (χ0) is 12.7. The van der Waals surface area contributed by atoms with Crippen molar-refractivity contribution in [2.24, 2.45) is 5.41 Å². The summed E-state index contributed by atoms with van der Waals surface area (Å²) in [7, 11) is 4.26. The van der Waals surface area contributed by atoms with Crippen LogP contribution in [0.1, 0.15) is 19.4 Å². The molecule has 1 rings (SSSR count). The maximum absolute atomic E-state index is 3.55. The first-order valence-electron chi connectivity index (χ1n) is 6.39. The van der Waals surface area contributed by atoms with Gasteiger partial charge in [-0.1, -0.05) is 44.2 Å². The van der Waals surface area contributed by atoms with E-state index in [1.165, 1.54) is 5.56 Å². The van der Waals surface area contributed by atoms with Gasteiger partial charge in [0.25, 0.3) is 0 Å². The average Bonchev–Trinajstić information content (AvgIpc) is 2.24.